The molecule has 0 fully saturated rings. The topological polar surface area (TPSA) is 130 Å². The standard InChI is InChI=1S/C35H33F3N2O6S/c1-18-12-20(3)27(13-19(18)2)31(35(36,37)38)28-14-22(5)30(15-21(28)4)40-33(42)29-17-25(10-11-26(29)34(43)44)47(45,46)24-9-7-8-23(16-24)32(41)39-6/h7-17,31H,1-6H3,(H,39,41)(H,40,42)(H,43,44). The lowest BCUT2D eigenvalue weighted by molar-refractivity contribution is -0.141. The van der Waals surface area contributed by atoms with E-state index in [0.717, 1.165) is 35.4 Å². The van der Waals surface area contributed by atoms with Crippen LogP contribution in [0.25, 0.3) is 0 Å². The van der Waals surface area contributed by atoms with E-state index in [4.69, 9.17) is 0 Å². The molecule has 4 aromatic rings. The molecule has 0 aliphatic rings. The monoisotopic (exact) mass is 666 g/mol. The van der Waals surface area contributed by atoms with Gasteiger partial charge in [0, 0.05) is 18.3 Å². The van der Waals surface area contributed by atoms with E-state index in [-0.39, 0.29) is 38.4 Å². The van der Waals surface area contributed by atoms with Crippen molar-refractivity contribution in [2.75, 3.05) is 12.4 Å². The van der Waals surface area contributed by atoms with E-state index >= 15 is 0 Å². The number of carbonyl (C=O) groups is 3. The minimum absolute atomic E-state index is 0.00217. The molecule has 0 heterocycles. The molecule has 0 radical (unpaired) electrons. The number of aryl methyl sites for hydroxylation is 5. The van der Waals surface area contributed by atoms with Crippen LogP contribution in [0.4, 0.5) is 18.9 Å². The molecule has 0 saturated carbocycles. The summed E-state index contributed by atoms with van der Waals surface area (Å²) >= 11 is 0. The van der Waals surface area contributed by atoms with Crippen molar-refractivity contribution in [2.45, 2.75) is 56.5 Å². The number of amides is 2. The van der Waals surface area contributed by atoms with Gasteiger partial charge in [-0.05, 0) is 116 Å². The fourth-order valence-corrected chi connectivity index (χ4v) is 6.77. The molecule has 4 rings (SSSR count). The van der Waals surface area contributed by atoms with Crippen molar-refractivity contribution >= 4 is 33.3 Å². The van der Waals surface area contributed by atoms with Crippen molar-refractivity contribution in [1.82, 2.24) is 5.32 Å². The van der Waals surface area contributed by atoms with Crippen LogP contribution in [0.3, 0.4) is 0 Å². The second-order valence-electron chi connectivity index (χ2n) is 11.4. The van der Waals surface area contributed by atoms with Crippen LogP contribution in [0, 0.1) is 34.6 Å². The molecule has 0 aliphatic carbocycles. The van der Waals surface area contributed by atoms with Gasteiger partial charge in [-0.25, -0.2) is 13.2 Å². The molecule has 12 heteroatoms. The van der Waals surface area contributed by atoms with Gasteiger partial charge in [0.15, 0.2) is 0 Å². The van der Waals surface area contributed by atoms with Crippen molar-refractivity contribution < 1.29 is 41.1 Å². The fourth-order valence-electron chi connectivity index (χ4n) is 5.44. The van der Waals surface area contributed by atoms with Crippen LogP contribution < -0.4 is 10.6 Å². The van der Waals surface area contributed by atoms with Crippen LogP contribution in [0.1, 0.15) is 75.9 Å². The maximum Gasteiger partial charge on any atom is 0.399 e. The minimum Gasteiger partial charge on any atom is -0.478 e. The van der Waals surface area contributed by atoms with E-state index < -0.39 is 55.7 Å². The third-order valence-electron chi connectivity index (χ3n) is 8.10. The molecule has 47 heavy (non-hydrogen) atoms. The summed E-state index contributed by atoms with van der Waals surface area (Å²) in [6.45, 7) is 8.20. The number of anilines is 1. The fraction of sp³-hybridized carbons (Fsp3) is 0.229. The zero-order chi connectivity index (χ0) is 35.0. The third kappa shape index (κ3) is 7.07. The van der Waals surface area contributed by atoms with E-state index in [9.17, 15) is 41.1 Å². The molecule has 0 aliphatic heterocycles. The van der Waals surface area contributed by atoms with Crippen molar-refractivity contribution in [2.24, 2.45) is 0 Å². The molecular weight excluding hydrogens is 633 g/mol. The second kappa shape index (κ2) is 13.0. The van der Waals surface area contributed by atoms with Crippen LogP contribution in [-0.2, 0) is 9.84 Å². The van der Waals surface area contributed by atoms with Gasteiger partial charge < -0.3 is 15.7 Å². The van der Waals surface area contributed by atoms with E-state index in [2.05, 4.69) is 10.6 Å². The summed E-state index contributed by atoms with van der Waals surface area (Å²) in [6, 6.07) is 14.1. The first-order valence-electron chi connectivity index (χ1n) is 14.4. The summed E-state index contributed by atoms with van der Waals surface area (Å²) in [5, 5.41) is 14.7. The summed E-state index contributed by atoms with van der Waals surface area (Å²) in [5.74, 6) is -4.94. The number of carboxylic acids is 1. The number of nitrogens with one attached hydrogen (secondary N) is 2. The summed E-state index contributed by atoms with van der Waals surface area (Å²) in [6.07, 6.45) is -4.63. The Labute approximate surface area is 270 Å². The molecule has 1 unspecified atom stereocenters. The normalized spacial score (nSPS) is 12.4. The number of benzene rings is 4. The lowest BCUT2D eigenvalue weighted by atomic mass is 9.83. The Kier molecular flexibility index (Phi) is 9.67. The molecule has 0 aromatic heterocycles. The number of halogens is 3. The van der Waals surface area contributed by atoms with Gasteiger partial charge in [0.1, 0.15) is 5.92 Å². The molecule has 3 N–H and O–H groups in total. The molecule has 1 atom stereocenters. The van der Waals surface area contributed by atoms with E-state index in [0.29, 0.717) is 5.56 Å². The van der Waals surface area contributed by atoms with Gasteiger partial charge in [-0.2, -0.15) is 13.2 Å². The van der Waals surface area contributed by atoms with Gasteiger partial charge in [0.2, 0.25) is 9.84 Å². The van der Waals surface area contributed by atoms with Crippen LogP contribution in [0.2, 0.25) is 0 Å². The van der Waals surface area contributed by atoms with Crippen LogP contribution in [0.5, 0.6) is 0 Å². The molecular formula is C35H33F3N2O6S. The first-order chi connectivity index (χ1) is 21.9. The predicted octanol–water partition coefficient (Wildman–Crippen LogP) is 7.07. The number of hydrogen-bond acceptors (Lipinski definition) is 5. The van der Waals surface area contributed by atoms with Crippen molar-refractivity contribution in [3.05, 3.63) is 122 Å². The molecule has 0 spiro atoms. The van der Waals surface area contributed by atoms with Gasteiger partial charge in [0.25, 0.3) is 11.8 Å². The number of sulfone groups is 1. The highest BCUT2D eigenvalue weighted by Gasteiger charge is 2.43. The van der Waals surface area contributed by atoms with E-state index in [1.807, 2.05) is 6.92 Å². The maximum absolute atomic E-state index is 14.6. The molecule has 0 saturated heterocycles. The number of carboxylic acid groups (broad SMARTS) is 1. The third-order valence-corrected chi connectivity index (χ3v) is 9.85. The highest BCUT2D eigenvalue weighted by Crippen LogP contribution is 2.44. The zero-order valence-electron chi connectivity index (χ0n) is 26.5. The van der Waals surface area contributed by atoms with Gasteiger partial charge >= 0.3 is 12.1 Å². The van der Waals surface area contributed by atoms with Gasteiger partial charge in [-0.1, -0.05) is 24.3 Å². The maximum atomic E-state index is 14.6. The van der Waals surface area contributed by atoms with Crippen molar-refractivity contribution in [3.8, 4) is 0 Å². The lowest BCUT2D eigenvalue weighted by Crippen LogP contribution is -2.24. The predicted molar refractivity (Wildman–Crippen MR) is 171 cm³/mol. The Bertz CT molecular complexity index is 2040. The van der Waals surface area contributed by atoms with Crippen LogP contribution in [-0.4, -0.2) is 44.5 Å². The highest BCUT2D eigenvalue weighted by atomic mass is 32.2. The van der Waals surface area contributed by atoms with Crippen LogP contribution >= 0.6 is 0 Å². The van der Waals surface area contributed by atoms with Gasteiger partial charge in [-0.3, -0.25) is 9.59 Å². The Morgan fingerprint density at radius 3 is 1.87 bits per heavy atom. The largest absolute Gasteiger partial charge is 0.478 e. The van der Waals surface area contributed by atoms with Gasteiger partial charge in [0.05, 0.1) is 20.9 Å². The van der Waals surface area contributed by atoms with Crippen LogP contribution in [0.15, 0.2) is 76.5 Å². The van der Waals surface area contributed by atoms with E-state index in [1.165, 1.54) is 57.3 Å². The summed E-state index contributed by atoms with van der Waals surface area (Å²) in [5.41, 5.74) is 1.92. The highest BCUT2D eigenvalue weighted by molar-refractivity contribution is 7.91. The Hall–Kier alpha value is -4.97. The molecule has 246 valence electrons. The number of rotatable bonds is 8. The Morgan fingerprint density at radius 2 is 1.28 bits per heavy atom. The number of alkyl halides is 3. The minimum atomic E-state index is -4.63. The molecule has 8 nitrogen and oxygen atoms in total. The molecule has 4 aromatic carbocycles. The SMILES string of the molecule is CNC(=O)c1cccc(S(=O)(=O)c2ccc(C(=O)O)c(C(=O)Nc3cc(C)c(C(c4cc(C)c(C)cc4C)C(F)(F)F)cc3C)c2)c1. The first kappa shape index (κ1) is 34.9. The smallest absolute Gasteiger partial charge is 0.399 e. The second-order valence-corrected chi connectivity index (χ2v) is 13.3. The molecule has 2 amide bonds. The molecule has 0 bridgehead atoms. The Balaban J connectivity index is 1.76. The van der Waals surface area contributed by atoms with Crippen molar-refractivity contribution in [1.29, 1.82) is 0 Å². The van der Waals surface area contributed by atoms with Crippen molar-refractivity contribution in [3.63, 3.8) is 0 Å². The van der Waals surface area contributed by atoms with Gasteiger partial charge in [-0.15, -0.1) is 0 Å². The average Bonchev–Trinajstić information content (AvgIpc) is 3.00. The summed E-state index contributed by atoms with van der Waals surface area (Å²) in [7, 11) is -2.93. The quantitative estimate of drug-likeness (QED) is 0.185. The van der Waals surface area contributed by atoms with E-state index in [1.54, 1.807) is 19.9 Å². The zero-order valence-corrected chi connectivity index (χ0v) is 27.3. The average molecular weight is 667 g/mol. The summed E-state index contributed by atoms with van der Waals surface area (Å²) in [4.78, 5) is 36.9. The summed E-state index contributed by atoms with van der Waals surface area (Å²) < 4.78 is 70.8. The Morgan fingerprint density at radius 1 is 0.702 bits per heavy atom. The number of carbonyl (C=O) groups excluding carboxylic acids is 2. The lowest BCUT2D eigenvalue weighted by Gasteiger charge is -2.26. The number of aromatic carboxylic acids is 1. The number of hydrogen-bond donors (Lipinski definition) is 3. The first-order valence-corrected chi connectivity index (χ1v) is 15.9.